The maximum absolute atomic E-state index is 15.9. The van der Waals surface area contributed by atoms with E-state index < -0.39 is 66.6 Å². The molecule has 6 rings (SSSR count). The first-order chi connectivity index (χ1) is 24.4. The number of likely N-dealkylation sites (N-methyl/N-ethyl adjacent to an activating group) is 2. The Morgan fingerprint density at radius 3 is 2.09 bits per heavy atom. The van der Waals surface area contributed by atoms with Crippen molar-refractivity contribution < 1.29 is 63.0 Å². The fourth-order valence-electron chi connectivity index (χ4n) is 6.63. The molecule has 3 aliphatic heterocycles. The lowest BCUT2D eigenvalue weighted by molar-refractivity contribution is -0.255. The van der Waals surface area contributed by atoms with E-state index in [0.717, 1.165) is 16.8 Å². The van der Waals surface area contributed by atoms with Crippen molar-refractivity contribution in [2.45, 2.75) is 45.7 Å². The van der Waals surface area contributed by atoms with Crippen molar-refractivity contribution >= 4 is 55.3 Å². The number of carboxylic acid groups (broad SMARTS) is 1. The highest BCUT2D eigenvalue weighted by atomic mass is 32.2. The van der Waals surface area contributed by atoms with E-state index >= 15 is 8.78 Å². The van der Waals surface area contributed by atoms with Gasteiger partial charge in [0.2, 0.25) is 5.36 Å². The lowest BCUT2D eigenvalue weighted by atomic mass is 9.83. The van der Waals surface area contributed by atoms with E-state index in [0.29, 0.717) is 10.9 Å². The highest BCUT2D eigenvalue weighted by Gasteiger charge is 2.37. The molecule has 280 valence electrons. The van der Waals surface area contributed by atoms with Gasteiger partial charge in [0.1, 0.15) is 30.1 Å². The number of fused-ring (bicyclic) bond motifs is 4. The van der Waals surface area contributed by atoms with Gasteiger partial charge in [-0.2, -0.15) is 18.0 Å². The molecule has 0 amide bonds. The van der Waals surface area contributed by atoms with Crippen LogP contribution in [0.3, 0.4) is 0 Å². The molecule has 3 aliphatic rings. The summed E-state index contributed by atoms with van der Waals surface area (Å²) in [5.41, 5.74) is -0.163. The summed E-state index contributed by atoms with van der Waals surface area (Å²) < 4.78 is 113. The largest absolute Gasteiger partial charge is 0.545 e. The average Bonchev–Trinajstić information content (AvgIpc) is 3.01. The van der Waals surface area contributed by atoms with E-state index in [4.69, 9.17) is 27.0 Å². The van der Waals surface area contributed by atoms with Gasteiger partial charge in [0.25, 0.3) is 10.1 Å². The average molecular weight is 777 g/mol. The van der Waals surface area contributed by atoms with Crippen LogP contribution in [-0.4, -0.2) is 68.6 Å². The van der Waals surface area contributed by atoms with Crippen molar-refractivity contribution in [2.24, 2.45) is 0 Å². The Labute approximate surface area is 302 Å². The standard InChI is InChI=1S/C34H31F3N2O6S.CO2.O3S/c1-16-13-33(2,3)38(6)24-11-26-20(8-18(16)24)28(29-22(35)10-23(36)31(37)30(29)32(40)41)21-9-19-17(15-46(42,43)44)14-34(4,5)39(7)25(19)12-27(21)45-26;2-1-3;1-4(2)3/h8-14H,15H2,1-7H3,(H-,40,41,42,43,44);;. The molecule has 0 saturated heterocycles. The minimum atomic E-state index is -4.51. The van der Waals surface area contributed by atoms with E-state index in [1.807, 2.05) is 57.2 Å². The first-order valence-electron chi connectivity index (χ1n) is 15.3. The van der Waals surface area contributed by atoms with Crippen LogP contribution in [0.5, 0.6) is 11.5 Å². The Bertz CT molecular complexity index is 2570. The van der Waals surface area contributed by atoms with Crippen molar-refractivity contribution in [1.82, 2.24) is 4.58 Å². The fraction of sp³-hybridized carbons (Fsp3) is 0.286. The number of allylic oxidation sites excluding steroid dienone is 1. The second-order valence-electron chi connectivity index (χ2n) is 13.3. The summed E-state index contributed by atoms with van der Waals surface area (Å²) in [6, 6.07) is 6.78. The molecule has 1 N–H and O–H groups in total. The molecule has 3 aromatic carbocycles. The van der Waals surface area contributed by atoms with Gasteiger partial charge in [0.05, 0.1) is 23.1 Å². The van der Waals surface area contributed by atoms with Crippen LogP contribution in [0.4, 0.5) is 18.9 Å². The van der Waals surface area contributed by atoms with E-state index in [9.17, 15) is 27.3 Å². The Hall–Kier alpha value is -5.42. The first kappa shape index (κ1) is 40.4. The van der Waals surface area contributed by atoms with Gasteiger partial charge >= 0.3 is 16.8 Å². The number of rotatable bonds is 4. The van der Waals surface area contributed by atoms with Gasteiger partial charge < -0.3 is 19.5 Å². The number of ether oxygens (including phenoxy) is 1. The van der Waals surface area contributed by atoms with E-state index in [-0.39, 0.29) is 51.2 Å². The molecule has 3 heterocycles. The Morgan fingerprint density at radius 2 is 1.55 bits per heavy atom. The van der Waals surface area contributed by atoms with Crippen LogP contribution in [0.2, 0.25) is 0 Å². The third-order valence-corrected chi connectivity index (χ3v) is 9.91. The molecule has 0 saturated carbocycles. The molecule has 0 aromatic heterocycles. The van der Waals surface area contributed by atoms with E-state index in [1.54, 1.807) is 31.3 Å². The minimum absolute atomic E-state index is 0.0964. The zero-order valence-electron chi connectivity index (χ0n) is 29.1. The SMILES string of the molecule is CC1=CC(C)(C)N(C)c2cc3c(cc21)C(c1c(F)cc(F)c(F)c1C(=O)[O-])=c1cc2c(cc1O3)=[N+](C)C(C)(C)C=C2CS(=O)(=O)O.O=C=O.O=S(=O)=O. The number of halogens is 3. The first-order valence-corrected chi connectivity index (χ1v) is 17.9. The van der Waals surface area contributed by atoms with Crippen molar-refractivity contribution in [2.75, 3.05) is 24.7 Å². The van der Waals surface area contributed by atoms with Crippen molar-refractivity contribution in [1.29, 1.82) is 0 Å². The van der Waals surface area contributed by atoms with Crippen LogP contribution >= 0.6 is 0 Å². The highest BCUT2D eigenvalue weighted by molar-refractivity contribution is 7.86. The molecule has 0 aliphatic carbocycles. The topological polar surface area (TPSA) is 195 Å². The molecule has 18 heteroatoms. The minimum Gasteiger partial charge on any atom is -0.545 e. The molecule has 53 heavy (non-hydrogen) atoms. The summed E-state index contributed by atoms with van der Waals surface area (Å²) in [5, 5.41) is 12.9. The maximum Gasteiger partial charge on any atom is 0.425 e. The van der Waals surface area contributed by atoms with Crippen LogP contribution in [0, 0.1) is 17.5 Å². The summed E-state index contributed by atoms with van der Waals surface area (Å²) >= 11 is 0. The highest BCUT2D eigenvalue weighted by Crippen LogP contribution is 2.46. The van der Waals surface area contributed by atoms with Gasteiger partial charge in [-0.1, -0.05) is 6.08 Å². The van der Waals surface area contributed by atoms with Crippen LogP contribution in [0.15, 0.2) is 42.5 Å². The number of carboxylic acids is 1. The third-order valence-electron chi connectivity index (χ3n) is 9.24. The number of anilines is 1. The number of carbonyl (C=O) groups excluding carboxylic acids is 3. The second kappa shape index (κ2) is 14.2. The smallest absolute Gasteiger partial charge is 0.425 e. The van der Waals surface area contributed by atoms with E-state index in [1.165, 1.54) is 6.07 Å². The lowest BCUT2D eigenvalue weighted by Gasteiger charge is -2.41. The Morgan fingerprint density at radius 1 is 0.962 bits per heavy atom. The van der Waals surface area contributed by atoms with Crippen LogP contribution in [0.1, 0.15) is 67.2 Å². The molecule has 3 aromatic rings. The zero-order chi connectivity index (χ0) is 40.1. The van der Waals surface area contributed by atoms with Crippen LogP contribution in [-0.2, 0) is 30.3 Å². The molecule has 0 bridgehead atoms. The zero-order valence-corrected chi connectivity index (χ0v) is 30.8. The second-order valence-corrected chi connectivity index (χ2v) is 15.2. The molecule has 0 fully saturated rings. The quantitative estimate of drug-likeness (QED) is 0.180. The van der Waals surface area contributed by atoms with E-state index in [2.05, 4.69) is 0 Å². The number of carbonyl (C=O) groups is 1. The summed E-state index contributed by atoms with van der Waals surface area (Å²) in [6.45, 7) is 9.63. The fourth-order valence-corrected chi connectivity index (χ4v) is 7.26. The molecule has 0 atom stereocenters. The van der Waals surface area contributed by atoms with Crippen molar-refractivity contribution in [3.63, 3.8) is 0 Å². The maximum atomic E-state index is 15.9. The van der Waals surface area contributed by atoms with Crippen molar-refractivity contribution in [3.8, 4) is 11.5 Å². The molecule has 0 spiro atoms. The summed E-state index contributed by atoms with van der Waals surface area (Å²) in [7, 11) is -3.95. The summed E-state index contributed by atoms with van der Waals surface area (Å²) in [5.74, 6) is -7.37. The summed E-state index contributed by atoms with van der Waals surface area (Å²) in [6.07, 6.45) is 3.95. The Kier molecular flexibility index (Phi) is 10.8. The summed E-state index contributed by atoms with van der Waals surface area (Å²) in [4.78, 5) is 30.6. The molecule has 13 nitrogen and oxygen atoms in total. The predicted molar refractivity (Wildman–Crippen MR) is 181 cm³/mol. The molecular formula is C35H31F3N2O11S2. The monoisotopic (exact) mass is 776 g/mol. The van der Waals surface area contributed by atoms with Gasteiger partial charge in [-0.15, -0.1) is 12.6 Å². The molecular weight excluding hydrogens is 746 g/mol. The normalized spacial score (nSPS) is 15.9. The lowest BCUT2D eigenvalue weighted by Crippen LogP contribution is -2.47. The number of hydrogen-bond donors (Lipinski definition) is 1. The molecule has 0 radical (unpaired) electrons. The molecule has 0 unspecified atom stereocenters. The van der Waals surface area contributed by atoms with Gasteiger partial charge in [-0.3, -0.25) is 4.55 Å². The van der Waals surface area contributed by atoms with Gasteiger partial charge in [0.15, 0.2) is 17.2 Å². The third kappa shape index (κ3) is 7.71. The number of benzene rings is 3. The van der Waals surface area contributed by atoms with Crippen molar-refractivity contribution in [3.05, 3.63) is 98.3 Å². The van der Waals surface area contributed by atoms with Gasteiger partial charge in [-0.05, 0) is 50.1 Å². The van der Waals surface area contributed by atoms with Gasteiger partial charge in [-0.25, -0.2) is 17.7 Å². The van der Waals surface area contributed by atoms with Crippen LogP contribution < -0.4 is 29.9 Å². The van der Waals surface area contributed by atoms with Gasteiger partial charge in [0, 0.05) is 71.8 Å². The van der Waals surface area contributed by atoms with Crippen LogP contribution in [0.25, 0.3) is 16.7 Å². The number of nitrogens with zero attached hydrogens (tertiary/aromatic N) is 2. The number of hydrogen-bond acceptors (Lipinski definition) is 11. The predicted octanol–water partition coefficient (Wildman–Crippen LogP) is 2.05. The Balaban J connectivity index is 0.000000827. The number of aromatic carboxylic acids is 1.